The first kappa shape index (κ1) is 18.8. The molecule has 1 atom stereocenters. The number of amides is 1. The lowest BCUT2D eigenvalue weighted by molar-refractivity contribution is -0.137. The Balaban J connectivity index is 2.10. The summed E-state index contributed by atoms with van der Waals surface area (Å²) >= 11 is 5.52. The largest absolute Gasteiger partial charge is 0.417 e. The SMILES string of the molecule is CC1(NC(=O)C=Cc2ccc(Cl)c(C(F)(F)F)c2)CCS(=O)(=O)C1. The van der Waals surface area contributed by atoms with Crippen molar-refractivity contribution < 1.29 is 26.4 Å². The Hall–Kier alpha value is -1.54. The minimum absolute atomic E-state index is 0.000376. The molecule has 1 N–H and O–H groups in total. The summed E-state index contributed by atoms with van der Waals surface area (Å²) in [5, 5.41) is 2.16. The van der Waals surface area contributed by atoms with E-state index in [0.29, 0.717) is 6.42 Å². The first-order chi connectivity index (χ1) is 10.9. The molecule has 0 radical (unpaired) electrons. The summed E-state index contributed by atoms with van der Waals surface area (Å²) in [6.07, 6.45) is -2.00. The van der Waals surface area contributed by atoms with Crippen molar-refractivity contribution in [1.82, 2.24) is 5.32 Å². The molecule has 1 unspecified atom stereocenters. The van der Waals surface area contributed by atoms with E-state index in [1.54, 1.807) is 6.92 Å². The second-order valence-electron chi connectivity index (χ2n) is 5.96. The van der Waals surface area contributed by atoms with Crippen LogP contribution in [0.25, 0.3) is 6.08 Å². The molecular formula is C15H15ClF3NO3S. The molecule has 1 amide bonds. The van der Waals surface area contributed by atoms with Crippen LogP contribution < -0.4 is 5.32 Å². The molecule has 1 fully saturated rings. The molecule has 1 aliphatic rings. The van der Waals surface area contributed by atoms with E-state index in [-0.39, 0.29) is 17.1 Å². The molecule has 0 bridgehead atoms. The second kappa shape index (κ2) is 6.40. The van der Waals surface area contributed by atoms with E-state index in [9.17, 15) is 26.4 Å². The van der Waals surface area contributed by atoms with E-state index < -0.39 is 38.0 Å². The van der Waals surface area contributed by atoms with Gasteiger partial charge in [-0.1, -0.05) is 17.7 Å². The van der Waals surface area contributed by atoms with Crippen molar-refractivity contribution in [3.8, 4) is 0 Å². The minimum atomic E-state index is -4.59. The van der Waals surface area contributed by atoms with Crippen LogP contribution in [0.3, 0.4) is 0 Å². The van der Waals surface area contributed by atoms with Crippen molar-refractivity contribution in [3.63, 3.8) is 0 Å². The summed E-state index contributed by atoms with van der Waals surface area (Å²) in [5.41, 5.74) is -1.69. The highest BCUT2D eigenvalue weighted by Crippen LogP contribution is 2.35. The molecule has 0 aliphatic carbocycles. The summed E-state index contributed by atoms with van der Waals surface area (Å²) in [7, 11) is -3.17. The van der Waals surface area contributed by atoms with Gasteiger partial charge < -0.3 is 5.32 Å². The monoisotopic (exact) mass is 381 g/mol. The van der Waals surface area contributed by atoms with Crippen LogP contribution in [0.4, 0.5) is 13.2 Å². The Morgan fingerprint density at radius 1 is 1.38 bits per heavy atom. The fourth-order valence-electron chi connectivity index (χ4n) is 2.48. The number of carbonyl (C=O) groups is 1. The lowest BCUT2D eigenvalue weighted by Gasteiger charge is -2.22. The zero-order chi connectivity index (χ0) is 18.2. The number of nitrogens with one attached hydrogen (secondary N) is 1. The van der Waals surface area contributed by atoms with Gasteiger partial charge in [0.25, 0.3) is 0 Å². The topological polar surface area (TPSA) is 63.2 Å². The molecule has 1 heterocycles. The van der Waals surface area contributed by atoms with Crippen molar-refractivity contribution in [2.24, 2.45) is 0 Å². The van der Waals surface area contributed by atoms with E-state index >= 15 is 0 Å². The highest BCUT2D eigenvalue weighted by atomic mass is 35.5. The quantitative estimate of drug-likeness (QED) is 0.818. The molecule has 24 heavy (non-hydrogen) atoms. The summed E-state index contributed by atoms with van der Waals surface area (Å²) < 4.78 is 61.3. The third-order valence-electron chi connectivity index (χ3n) is 3.65. The van der Waals surface area contributed by atoms with Gasteiger partial charge in [-0.3, -0.25) is 4.79 Å². The Kier molecular flexibility index (Phi) is 5.01. The minimum Gasteiger partial charge on any atom is -0.346 e. The number of alkyl halides is 3. The highest BCUT2D eigenvalue weighted by molar-refractivity contribution is 7.91. The van der Waals surface area contributed by atoms with E-state index in [0.717, 1.165) is 18.2 Å². The van der Waals surface area contributed by atoms with Gasteiger partial charge >= 0.3 is 6.18 Å². The molecule has 132 valence electrons. The van der Waals surface area contributed by atoms with Crippen molar-refractivity contribution in [2.45, 2.75) is 25.1 Å². The fraction of sp³-hybridized carbons (Fsp3) is 0.400. The Labute approximate surface area is 142 Å². The number of carbonyl (C=O) groups excluding carboxylic acids is 1. The first-order valence-corrected chi connectivity index (χ1v) is 9.18. The summed E-state index contributed by atoms with van der Waals surface area (Å²) in [6, 6.07) is 3.30. The number of rotatable bonds is 3. The van der Waals surface area contributed by atoms with E-state index in [2.05, 4.69) is 5.32 Å². The van der Waals surface area contributed by atoms with E-state index in [1.165, 1.54) is 12.1 Å². The van der Waals surface area contributed by atoms with Crippen LogP contribution in [0.1, 0.15) is 24.5 Å². The van der Waals surface area contributed by atoms with Crippen LogP contribution in [-0.4, -0.2) is 31.4 Å². The predicted octanol–water partition coefficient (Wildman–Crippen LogP) is 3.07. The normalized spacial score (nSPS) is 23.5. The lowest BCUT2D eigenvalue weighted by Crippen LogP contribution is -2.46. The predicted molar refractivity (Wildman–Crippen MR) is 85.3 cm³/mol. The molecule has 1 aliphatic heterocycles. The summed E-state index contributed by atoms with van der Waals surface area (Å²) in [4.78, 5) is 11.9. The van der Waals surface area contributed by atoms with Crippen LogP contribution in [0, 0.1) is 0 Å². The van der Waals surface area contributed by atoms with Gasteiger partial charge in [0.2, 0.25) is 5.91 Å². The average molecular weight is 382 g/mol. The molecule has 0 aromatic heterocycles. The van der Waals surface area contributed by atoms with Gasteiger partial charge in [-0.25, -0.2) is 8.42 Å². The first-order valence-electron chi connectivity index (χ1n) is 6.98. The number of sulfone groups is 1. The summed E-state index contributed by atoms with van der Waals surface area (Å²) in [5.74, 6) is -0.726. The smallest absolute Gasteiger partial charge is 0.346 e. The maximum absolute atomic E-state index is 12.8. The third kappa shape index (κ3) is 4.73. The summed E-state index contributed by atoms with van der Waals surface area (Å²) in [6.45, 7) is 1.62. The molecule has 1 aromatic carbocycles. The molecule has 0 spiro atoms. The van der Waals surface area contributed by atoms with Gasteiger partial charge in [-0.05, 0) is 37.1 Å². The highest BCUT2D eigenvalue weighted by Gasteiger charge is 2.39. The van der Waals surface area contributed by atoms with Gasteiger partial charge in [-0.15, -0.1) is 0 Å². The van der Waals surface area contributed by atoms with Gasteiger partial charge in [0.05, 0.1) is 27.6 Å². The zero-order valence-electron chi connectivity index (χ0n) is 12.7. The maximum Gasteiger partial charge on any atom is 0.417 e. The molecular weight excluding hydrogens is 367 g/mol. The zero-order valence-corrected chi connectivity index (χ0v) is 14.2. The number of halogens is 4. The van der Waals surface area contributed by atoms with Gasteiger partial charge in [0.15, 0.2) is 9.84 Å². The lowest BCUT2D eigenvalue weighted by atomic mass is 10.0. The Morgan fingerprint density at radius 3 is 2.58 bits per heavy atom. The van der Waals surface area contributed by atoms with Crippen molar-refractivity contribution in [1.29, 1.82) is 0 Å². The Morgan fingerprint density at radius 2 is 2.04 bits per heavy atom. The second-order valence-corrected chi connectivity index (χ2v) is 8.55. The number of benzene rings is 1. The Bertz CT molecular complexity index is 790. The number of hydrogen-bond acceptors (Lipinski definition) is 3. The van der Waals surface area contributed by atoms with E-state index in [4.69, 9.17) is 11.6 Å². The maximum atomic E-state index is 12.8. The number of hydrogen-bond donors (Lipinski definition) is 1. The van der Waals surface area contributed by atoms with Crippen LogP contribution in [0.15, 0.2) is 24.3 Å². The van der Waals surface area contributed by atoms with Crippen molar-refractivity contribution >= 4 is 33.4 Å². The van der Waals surface area contributed by atoms with Gasteiger partial charge in [0.1, 0.15) is 0 Å². The molecule has 1 aromatic rings. The average Bonchev–Trinajstić information content (AvgIpc) is 2.70. The van der Waals surface area contributed by atoms with Crippen LogP contribution in [-0.2, 0) is 20.8 Å². The van der Waals surface area contributed by atoms with Crippen LogP contribution in [0.2, 0.25) is 5.02 Å². The van der Waals surface area contributed by atoms with Crippen molar-refractivity contribution in [2.75, 3.05) is 11.5 Å². The molecule has 2 rings (SSSR count). The van der Waals surface area contributed by atoms with E-state index in [1.807, 2.05) is 0 Å². The van der Waals surface area contributed by atoms with Crippen LogP contribution in [0.5, 0.6) is 0 Å². The van der Waals surface area contributed by atoms with Crippen LogP contribution >= 0.6 is 11.6 Å². The molecule has 0 saturated carbocycles. The fourth-order valence-corrected chi connectivity index (χ4v) is 4.80. The molecule has 4 nitrogen and oxygen atoms in total. The third-order valence-corrected chi connectivity index (χ3v) is 5.88. The molecule has 9 heteroatoms. The standard InChI is InChI=1S/C15H15ClF3NO3S/c1-14(6-7-24(22,23)9-14)20-13(21)5-3-10-2-4-12(16)11(8-10)15(17,18)19/h2-5,8H,6-7,9H2,1H3,(H,20,21). The molecule has 1 saturated heterocycles. The van der Waals surface area contributed by atoms with Crippen molar-refractivity contribution in [3.05, 3.63) is 40.4 Å². The van der Waals surface area contributed by atoms with Gasteiger partial charge in [0, 0.05) is 6.08 Å². The van der Waals surface area contributed by atoms with Gasteiger partial charge in [-0.2, -0.15) is 13.2 Å².